The number of nitrogens with one attached hydrogen (secondary N) is 2. The number of hydrogen-bond donors (Lipinski definition) is 2. The fourth-order valence-corrected chi connectivity index (χ4v) is 8.01. The minimum Gasteiger partial charge on any atom is -0.493 e. The van der Waals surface area contributed by atoms with Crippen molar-refractivity contribution in [1.29, 1.82) is 0 Å². The minimum atomic E-state index is -0.511. The first-order valence-corrected chi connectivity index (χ1v) is 16.8. The summed E-state index contributed by atoms with van der Waals surface area (Å²) in [6, 6.07) is 5.19. The maximum Gasteiger partial charge on any atom is 0.341 e. The van der Waals surface area contributed by atoms with Gasteiger partial charge in [-0.05, 0) is 69.7 Å². The number of amides is 2. The quantitative estimate of drug-likeness (QED) is 0.192. The van der Waals surface area contributed by atoms with Crippen LogP contribution >= 0.6 is 23.1 Å². The highest BCUT2D eigenvalue weighted by Gasteiger charge is 2.31. The van der Waals surface area contributed by atoms with E-state index in [4.69, 9.17) is 14.2 Å². The first kappa shape index (κ1) is 31.8. The number of aromatic nitrogens is 3. The van der Waals surface area contributed by atoms with E-state index in [-0.39, 0.29) is 37.0 Å². The number of nitrogens with zero attached hydrogens (tertiary/aromatic N) is 3. The molecule has 0 aliphatic heterocycles. The summed E-state index contributed by atoms with van der Waals surface area (Å²) in [7, 11) is 3.07. The van der Waals surface area contributed by atoms with Crippen molar-refractivity contribution in [3.63, 3.8) is 0 Å². The molecule has 0 bridgehead atoms. The van der Waals surface area contributed by atoms with Gasteiger partial charge in [0, 0.05) is 16.5 Å². The second-order valence-electron chi connectivity index (χ2n) is 10.8. The van der Waals surface area contributed by atoms with Crippen LogP contribution in [0.1, 0.15) is 95.4 Å². The molecular formula is C31H39N5O6S2. The molecule has 1 aromatic carbocycles. The number of anilines is 1. The van der Waals surface area contributed by atoms with Crippen molar-refractivity contribution < 1.29 is 28.6 Å². The van der Waals surface area contributed by atoms with Crippen molar-refractivity contribution in [2.75, 3.05) is 26.1 Å². The molecule has 1 saturated carbocycles. The van der Waals surface area contributed by atoms with Gasteiger partial charge in [-0.3, -0.25) is 9.59 Å². The number of benzene rings is 1. The van der Waals surface area contributed by atoms with Gasteiger partial charge in [-0.25, -0.2) is 4.79 Å². The summed E-state index contributed by atoms with van der Waals surface area (Å²) < 4.78 is 18.0. The van der Waals surface area contributed by atoms with E-state index < -0.39 is 5.25 Å². The molecule has 2 aliphatic carbocycles. The molecular weight excluding hydrogens is 603 g/mol. The average Bonchev–Trinajstić information content (AvgIpc) is 3.74. The molecule has 44 heavy (non-hydrogen) atoms. The summed E-state index contributed by atoms with van der Waals surface area (Å²) in [6.45, 7) is 4.06. The number of esters is 1. The molecule has 5 rings (SSSR count). The molecule has 1 fully saturated rings. The number of rotatable bonds is 12. The summed E-state index contributed by atoms with van der Waals surface area (Å²) in [5.74, 6) is 0.770. The van der Waals surface area contributed by atoms with E-state index in [0.717, 1.165) is 55.4 Å². The highest BCUT2D eigenvalue weighted by atomic mass is 32.2. The van der Waals surface area contributed by atoms with Gasteiger partial charge in [0.25, 0.3) is 5.91 Å². The Morgan fingerprint density at radius 1 is 1.07 bits per heavy atom. The number of ether oxygens (including phenoxy) is 3. The third kappa shape index (κ3) is 6.88. The minimum absolute atomic E-state index is 0.181. The second kappa shape index (κ2) is 14.5. The van der Waals surface area contributed by atoms with Gasteiger partial charge in [-0.15, -0.1) is 21.5 Å². The number of thiophene rings is 1. The molecule has 2 aromatic heterocycles. The van der Waals surface area contributed by atoms with Gasteiger partial charge < -0.3 is 29.4 Å². The Morgan fingerprint density at radius 2 is 1.84 bits per heavy atom. The number of fused-ring (bicyclic) bond motifs is 1. The molecule has 13 heteroatoms. The maximum absolute atomic E-state index is 13.4. The predicted octanol–water partition coefficient (Wildman–Crippen LogP) is 5.58. The number of aryl methyl sites for hydroxylation is 1. The molecule has 11 nitrogen and oxygen atoms in total. The van der Waals surface area contributed by atoms with E-state index in [1.54, 1.807) is 32.2 Å². The summed E-state index contributed by atoms with van der Waals surface area (Å²) in [4.78, 5) is 40.4. The molecule has 3 aromatic rings. The molecule has 0 spiro atoms. The van der Waals surface area contributed by atoms with Gasteiger partial charge in [-0.1, -0.05) is 31.0 Å². The van der Waals surface area contributed by atoms with Gasteiger partial charge in [0.05, 0.1) is 38.2 Å². The topological polar surface area (TPSA) is 134 Å². The summed E-state index contributed by atoms with van der Waals surface area (Å²) in [5.41, 5.74) is 1.93. The largest absolute Gasteiger partial charge is 0.493 e. The first-order valence-electron chi connectivity index (χ1n) is 15.1. The normalized spacial score (nSPS) is 15.4. The Morgan fingerprint density at radius 3 is 2.57 bits per heavy atom. The van der Waals surface area contributed by atoms with Crippen molar-refractivity contribution in [1.82, 2.24) is 20.1 Å². The Labute approximate surface area is 265 Å². The van der Waals surface area contributed by atoms with Crippen LogP contribution in [-0.2, 0) is 28.9 Å². The van der Waals surface area contributed by atoms with Gasteiger partial charge in [-0.2, -0.15) is 0 Å². The van der Waals surface area contributed by atoms with E-state index in [9.17, 15) is 14.4 Å². The molecule has 2 aliphatic rings. The van der Waals surface area contributed by atoms with Crippen LogP contribution < -0.4 is 20.1 Å². The standard InChI is InChI=1S/C31H39N5O6S2/c1-5-42-30(39)26-21-12-9-13-24(21)44-29(26)33-27(37)18(2)43-31-35-34-25(36(31)20-10-7-6-8-11-20)17-32-28(38)19-14-15-22(40-3)23(16-19)41-4/h14-16,18,20H,5-13,17H2,1-4H3,(H,32,38)(H,33,37). The Kier molecular flexibility index (Phi) is 10.5. The van der Waals surface area contributed by atoms with Crippen LogP contribution in [-0.4, -0.2) is 58.6 Å². The van der Waals surface area contributed by atoms with Crippen LogP contribution in [0.15, 0.2) is 23.4 Å². The number of thioether (sulfide) groups is 1. The molecule has 0 saturated heterocycles. The van der Waals surface area contributed by atoms with Crippen molar-refractivity contribution >= 4 is 45.9 Å². The van der Waals surface area contributed by atoms with Crippen LogP contribution in [0, 0.1) is 0 Å². The van der Waals surface area contributed by atoms with Crippen LogP contribution in [0.5, 0.6) is 11.5 Å². The molecule has 2 heterocycles. The number of carbonyl (C=O) groups excluding carboxylic acids is 3. The summed E-state index contributed by atoms with van der Waals surface area (Å²) in [5, 5.41) is 15.6. The van der Waals surface area contributed by atoms with Crippen LogP contribution in [0.25, 0.3) is 0 Å². The van der Waals surface area contributed by atoms with Gasteiger partial charge >= 0.3 is 5.97 Å². The zero-order valence-electron chi connectivity index (χ0n) is 25.6. The zero-order chi connectivity index (χ0) is 31.2. The summed E-state index contributed by atoms with van der Waals surface area (Å²) >= 11 is 2.80. The van der Waals surface area contributed by atoms with Gasteiger partial charge in [0.2, 0.25) is 5.91 Å². The van der Waals surface area contributed by atoms with Crippen LogP contribution in [0.3, 0.4) is 0 Å². The van der Waals surface area contributed by atoms with Gasteiger partial charge in [0.1, 0.15) is 5.00 Å². The van der Waals surface area contributed by atoms with E-state index in [2.05, 4.69) is 25.4 Å². The molecule has 236 valence electrons. The molecule has 0 radical (unpaired) electrons. The van der Waals surface area contributed by atoms with Crippen LogP contribution in [0.4, 0.5) is 5.00 Å². The van der Waals surface area contributed by atoms with Gasteiger partial charge in [0.15, 0.2) is 22.5 Å². The monoisotopic (exact) mass is 641 g/mol. The highest BCUT2D eigenvalue weighted by molar-refractivity contribution is 8.00. The fraction of sp³-hybridized carbons (Fsp3) is 0.516. The third-order valence-corrected chi connectivity index (χ3v) is 10.3. The number of hydrogen-bond acceptors (Lipinski definition) is 10. The van der Waals surface area contributed by atoms with Crippen molar-refractivity contribution in [2.24, 2.45) is 0 Å². The number of carbonyl (C=O) groups is 3. The second-order valence-corrected chi connectivity index (χ2v) is 13.3. The Balaban J connectivity index is 1.31. The smallest absolute Gasteiger partial charge is 0.341 e. The first-order chi connectivity index (χ1) is 21.3. The van der Waals surface area contributed by atoms with Crippen molar-refractivity contribution in [2.45, 2.75) is 88.2 Å². The highest BCUT2D eigenvalue weighted by Crippen LogP contribution is 2.40. The lowest BCUT2D eigenvalue weighted by molar-refractivity contribution is -0.115. The SMILES string of the molecule is CCOC(=O)c1c(NC(=O)C(C)Sc2nnc(CNC(=O)c3ccc(OC)c(OC)c3)n2C2CCCCC2)sc2c1CCC2. The lowest BCUT2D eigenvalue weighted by atomic mass is 9.95. The Bertz CT molecular complexity index is 1510. The third-order valence-electron chi connectivity index (χ3n) is 8.02. The fourth-order valence-electron chi connectivity index (χ4n) is 5.79. The van der Waals surface area contributed by atoms with E-state index in [0.29, 0.717) is 38.6 Å². The van der Waals surface area contributed by atoms with Crippen molar-refractivity contribution in [3.8, 4) is 11.5 Å². The molecule has 2 N–H and O–H groups in total. The van der Waals surface area contributed by atoms with Crippen LogP contribution in [0.2, 0.25) is 0 Å². The molecule has 2 amide bonds. The molecule has 1 unspecified atom stereocenters. The predicted molar refractivity (Wildman–Crippen MR) is 169 cm³/mol. The lowest BCUT2D eigenvalue weighted by Gasteiger charge is -2.26. The molecule has 1 atom stereocenters. The summed E-state index contributed by atoms with van der Waals surface area (Å²) in [6.07, 6.45) is 8.05. The van der Waals surface area contributed by atoms with E-state index in [1.165, 1.54) is 36.6 Å². The average molecular weight is 642 g/mol. The maximum atomic E-state index is 13.4. The zero-order valence-corrected chi connectivity index (χ0v) is 27.2. The van der Waals surface area contributed by atoms with E-state index >= 15 is 0 Å². The van der Waals surface area contributed by atoms with E-state index in [1.807, 2.05) is 6.92 Å². The van der Waals surface area contributed by atoms with Crippen molar-refractivity contribution in [3.05, 3.63) is 45.6 Å². The lowest BCUT2D eigenvalue weighted by Crippen LogP contribution is -2.27. The Hall–Kier alpha value is -3.58. The number of methoxy groups -OCH3 is 2.